The minimum atomic E-state index is -0.737. The molecule has 21 heavy (non-hydrogen) atoms. The van der Waals surface area contributed by atoms with E-state index in [0.29, 0.717) is 18.2 Å². The molecule has 0 unspecified atom stereocenters. The summed E-state index contributed by atoms with van der Waals surface area (Å²) < 4.78 is 5.19. The van der Waals surface area contributed by atoms with Crippen LogP contribution >= 0.6 is 11.6 Å². The number of aromatic nitrogens is 1. The Morgan fingerprint density at radius 3 is 2.67 bits per heavy atom. The minimum Gasteiger partial charge on any atom is -0.497 e. The minimum absolute atomic E-state index is 0.485. The lowest BCUT2D eigenvalue weighted by atomic mass is 10.1. The maximum Gasteiger partial charge on any atom is 0.134 e. The second-order valence-electron chi connectivity index (χ2n) is 5.98. The highest BCUT2D eigenvalue weighted by Gasteiger charge is 2.17. The number of pyridine rings is 1. The van der Waals surface area contributed by atoms with Crippen LogP contribution in [0.5, 0.6) is 5.75 Å². The highest BCUT2D eigenvalue weighted by Crippen LogP contribution is 2.25. The van der Waals surface area contributed by atoms with E-state index in [-0.39, 0.29) is 0 Å². The zero-order chi connectivity index (χ0) is 15.6. The third kappa shape index (κ3) is 4.30. The number of aliphatic hydroxyl groups is 1. The van der Waals surface area contributed by atoms with Gasteiger partial charge in [0.1, 0.15) is 10.9 Å². The van der Waals surface area contributed by atoms with Gasteiger partial charge in [-0.3, -0.25) is 4.90 Å². The van der Waals surface area contributed by atoms with E-state index in [1.54, 1.807) is 21.0 Å². The molecule has 5 heteroatoms. The summed E-state index contributed by atoms with van der Waals surface area (Å²) in [6.07, 6.45) is 0. The van der Waals surface area contributed by atoms with Crippen molar-refractivity contribution in [1.29, 1.82) is 0 Å². The molecule has 2 aromatic rings. The summed E-state index contributed by atoms with van der Waals surface area (Å²) in [5, 5.41) is 11.4. The highest BCUT2D eigenvalue weighted by atomic mass is 35.5. The van der Waals surface area contributed by atoms with Crippen molar-refractivity contribution in [2.24, 2.45) is 0 Å². The van der Waals surface area contributed by atoms with E-state index in [2.05, 4.69) is 4.98 Å². The first kappa shape index (κ1) is 16.0. The van der Waals surface area contributed by atoms with Crippen LogP contribution in [-0.4, -0.2) is 41.3 Å². The average molecular weight is 309 g/mol. The van der Waals surface area contributed by atoms with Gasteiger partial charge >= 0.3 is 0 Å². The van der Waals surface area contributed by atoms with Crippen molar-refractivity contribution >= 4 is 22.5 Å². The average Bonchev–Trinajstić information content (AvgIpc) is 2.37. The van der Waals surface area contributed by atoms with Crippen molar-refractivity contribution in [3.05, 3.63) is 35.0 Å². The van der Waals surface area contributed by atoms with Gasteiger partial charge in [0.05, 0.1) is 18.2 Å². The second kappa shape index (κ2) is 6.18. The molecule has 0 aliphatic heterocycles. The maximum absolute atomic E-state index is 9.86. The first-order valence-electron chi connectivity index (χ1n) is 6.82. The van der Waals surface area contributed by atoms with Crippen LogP contribution in [0.15, 0.2) is 24.3 Å². The largest absolute Gasteiger partial charge is 0.497 e. The normalized spacial score (nSPS) is 12.1. The fraction of sp³-hybridized carbons (Fsp3) is 0.438. The molecule has 1 heterocycles. The molecular weight excluding hydrogens is 288 g/mol. The Balaban J connectivity index is 2.26. The van der Waals surface area contributed by atoms with Crippen LogP contribution < -0.4 is 4.74 Å². The second-order valence-corrected chi connectivity index (χ2v) is 6.34. The summed E-state index contributed by atoms with van der Waals surface area (Å²) in [5.74, 6) is 0.762. The lowest BCUT2D eigenvalue weighted by Crippen LogP contribution is -2.35. The fourth-order valence-corrected chi connectivity index (χ4v) is 2.62. The van der Waals surface area contributed by atoms with E-state index in [0.717, 1.165) is 22.2 Å². The standard InChI is InChI=1S/C16H21ClN2O2/c1-16(2,20)10-19(3)9-12-7-11-5-6-13(21-4)8-14(11)18-15(12)17/h5-8,20H,9-10H2,1-4H3. The van der Waals surface area contributed by atoms with Gasteiger partial charge in [0.15, 0.2) is 0 Å². The third-order valence-corrected chi connectivity index (χ3v) is 3.48. The van der Waals surface area contributed by atoms with Crippen LogP contribution in [-0.2, 0) is 6.54 Å². The molecule has 0 aliphatic carbocycles. The molecule has 0 aliphatic rings. The van der Waals surface area contributed by atoms with Gasteiger partial charge in [0.25, 0.3) is 0 Å². The summed E-state index contributed by atoms with van der Waals surface area (Å²) in [4.78, 5) is 6.46. The van der Waals surface area contributed by atoms with Crippen LogP contribution in [0.1, 0.15) is 19.4 Å². The summed E-state index contributed by atoms with van der Waals surface area (Å²) in [6, 6.07) is 7.77. The number of likely N-dealkylation sites (N-methyl/N-ethyl adjacent to an activating group) is 1. The van der Waals surface area contributed by atoms with Gasteiger partial charge in [-0.05, 0) is 39.1 Å². The van der Waals surface area contributed by atoms with Gasteiger partial charge in [0, 0.05) is 30.1 Å². The van der Waals surface area contributed by atoms with Crippen LogP contribution in [0.2, 0.25) is 5.15 Å². The molecule has 0 atom stereocenters. The molecule has 2 rings (SSSR count). The molecule has 1 aromatic carbocycles. The van der Waals surface area contributed by atoms with Crippen molar-refractivity contribution in [1.82, 2.24) is 9.88 Å². The molecule has 0 spiro atoms. The van der Waals surface area contributed by atoms with Gasteiger partial charge < -0.3 is 9.84 Å². The number of ether oxygens (including phenoxy) is 1. The Kier molecular flexibility index (Phi) is 4.71. The van der Waals surface area contributed by atoms with Crippen molar-refractivity contribution in [3.63, 3.8) is 0 Å². The van der Waals surface area contributed by atoms with E-state index in [4.69, 9.17) is 16.3 Å². The zero-order valence-electron chi connectivity index (χ0n) is 12.9. The van der Waals surface area contributed by atoms with E-state index < -0.39 is 5.60 Å². The van der Waals surface area contributed by atoms with Crippen molar-refractivity contribution in [3.8, 4) is 5.75 Å². The molecule has 4 nitrogen and oxygen atoms in total. The number of hydrogen-bond donors (Lipinski definition) is 1. The Hall–Kier alpha value is -1.36. The first-order chi connectivity index (χ1) is 9.78. The Morgan fingerprint density at radius 1 is 1.33 bits per heavy atom. The zero-order valence-corrected chi connectivity index (χ0v) is 13.6. The van der Waals surface area contributed by atoms with Gasteiger partial charge in [-0.2, -0.15) is 0 Å². The third-order valence-electron chi connectivity index (χ3n) is 3.15. The predicted octanol–water partition coefficient (Wildman–Crippen LogP) is 3.10. The number of nitrogens with zero attached hydrogens (tertiary/aromatic N) is 2. The van der Waals surface area contributed by atoms with Crippen molar-refractivity contribution in [2.75, 3.05) is 20.7 Å². The molecule has 0 saturated carbocycles. The maximum atomic E-state index is 9.86. The summed E-state index contributed by atoms with van der Waals surface area (Å²) >= 11 is 6.27. The summed E-state index contributed by atoms with van der Waals surface area (Å²) in [5.41, 5.74) is 1.02. The summed E-state index contributed by atoms with van der Waals surface area (Å²) in [7, 11) is 3.58. The number of hydrogen-bond acceptors (Lipinski definition) is 4. The molecule has 0 amide bonds. The number of halogens is 1. The first-order valence-corrected chi connectivity index (χ1v) is 7.20. The van der Waals surface area contributed by atoms with E-state index in [9.17, 15) is 5.11 Å². The lowest BCUT2D eigenvalue weighted by molar-refractivity contribution is 0.0425. The van der Waals surface area contributed by atoms with E-state index in [1.807, 2.05) is 36.2 Å². The van der Waals surface area contributed by atoms with Crippen LogP contribution in [0.25, 0.3) is 10.9 Å². The smallest absolute Gasteiger partial charge is 0.134 e. The fourth-order valence-electron chi connectivity index (χ4n) is 2.41. The van der Waals surface area contributed by atoms with Crippen LogP contribution in [0.4, 0.5) is 0 Å². The Morgan fingerprint density at radius 2 is 2.05 bits per heavy atom. The molecular formula is C16H21ClN2O2. The molecule has 0 saturated heterocycles. The number of fused-ring (bicyclic) bond motifs is 1. The van der Waals surface area contributed by atoms with E-state index in [1.165, 1.54) is 0 Å². The summed E-state index contributed by atoms with van der Waals surface area (Å²) in [6.45, 7) is 4.77. The topological polar surface area (TPSA) is 45.6 Å². The Bertz CT molecular complexity index is 638. The monoisotopic (exact) mass is 308 g/mol. The van der Waals surface area contributed by atoms with Gasteiger partial charge in [-0.25, -0.2) is 4.98 Å². The SMILES string of the molecule is COc1ccc2cc(CN(C)CC(C)(C)O)c(Cl)nc2c1. The highest BCUT2D eigenvalue weighted by molar-refractivity contribution is 6.30. The predicted molar refractivity (Wildman–Crippen MR) is 85.9 cm³/mol. The van der Waals surface area contributed by atoms with Crippen molar-refractivity contribution < 1.29 is 9.84 Å². The van der Waals surface area contributed by atoms with Crippen molar-refractivity contribution in [2.45, 2.75) is 26.0 Å². The van der Waals surface area contributed by atoms with Gasteiger partial charge in [-0.1, -0.05) is 11.6 Å². The Labute approximate surface area is 130 Å². The van der Waals surface area contributed by atoms with E-state index >= 15 is 0 Å². The van der Waals surface area contributed by atoms with Gasteiger partial charge in [0.2, 0.25) is 0 Å². The molecule has 0 fully saturated rings. The van der Waals surface area contributed by atoms with Gasteiger partial charge in [-0.15, -0.1) is 0 Å². The quantitative estimate of drug-likeness (QED) is 0.862. The number of benzene rings is 1. The number of rotatable bonds is 5. The molecule has 114 valence electrons. The molecule has 1 aromatic heterocycles. The molecule has 0 radical (unpaired) electrons. The number of methoxy groups -OCH3 is 1. The van der Waals surface area contributed by atoms with Crippen LogP contribution in [0.3, 0.4) is 0 Å². The molecule has 1 N–H and O–H groups in total. The molecule has 0 bridgehead atoms. The van der Waals surface area contributed by atoms with Crippen LogP contribution in [0, 0.1) is 0 Å². The lowest BCUT2D eigenvalue weighted by Gasteiger charge is -2.25.